The first kappa shape index (κ1) is 12.8. The molecule has 0 aromatic heterocycles. The Morgan fingerprint density at radius 3 is 2.21 bits per heavy atom. The minimum absolute atomic E-state index is 0.171. The van der Waals surface area contributed by atoms with Crippen LogP contribution in [0, 0.1) is 0 Å². The molecule has 76 valence electrons. The highest BCUT2D eigenvalue weighted by Gasteiger charge is 2.25. The van der Waals surface area contributed by atoms with Gasteiger partial charge in [0.2, 0.25) is 0 Å². The maximum absolute atomic E-state index is 11.1. The normalized spacial score (nSPS) is 11.9. The molecular weight excluding hydrogens is 182 g/mol. The fourth-order valence-corrected chi connectivity index (χ4v) is 0.550. The number of esters is 1. The van der Waals surface area contributed by atoms with Gasteiger partial charge in [-0.3, -0.25) is 0 Å². The van der Waals surface area contributed by atoms with Crippen molar-refractivity contribution >= 4 is 27.6 Å². The van der Waals surface area contributed by atoms with Gasteiger partial charge in [-0.1, -0.05) is 5.72 Å². The highest BCUT2D eigenvalue weighted by Crippen LogP contribution is 2.20. The van der Waals surface area contributed by atoms with Crippen LogP contribution in [0.4, 0.5) is 0 Å². The summed E-state index contributed by atoms with van der Waals surface area (Å²) in [5, 5.41) is 8.28. The van der Waals surface area contributed by atoms with Crippen LogP contribution < -0.4 is 0 Å². The van der Waals surface area contributed by atoms with Crippen molar-refractivity contribution in [3.63, 3.8) is 0 Å². The number of aliphatic carboxylic acids is 1. The Labute approximate surface area is 85.1 Å². The van der Waals surface area contributed by atoms with E-state index in [1.165, 1.54) is 0 Å². The first-order valence-corrected chi connectivity index (χ1v) is 4.39. The summed E-state index contributed by atoms with van der Waals surface area (Å²) in [7, 11) is 3.85. The number of ether oxygens (including phenoxy) is 1. The molecule has 0 amide bonds. The third-order valence-electron chi connectivity index (χ3n) is 2.12. The van der Waals surface area contributed by atoms with Gasteiger partial charge in [0.1, 0.15) is 15.7 Å². The predicted octanol–water partition coefficient (Wildman–Crippen LogP) is -1.04. The zero-order valence-electron chi connectivity index (χ0n) is 8.90. The fourth-order valence-electron chi connectivity index (χ4n) is 0.550. The maximum atomic E-state index is 11.1. The minimum Gasteiger partial charge on any atom is -0.478 e. The summed E-state index contributed by atoms with van der Waals surface area (Å²) in [6.07, 6.45) is 1.67. The van der Waals surface area contributed by atoms with Gasteiger partial charge in [0, 0.05) is 12.2 Å². The maximum Gasteiger partial charge on any atom is 0.331 e. The van der Waals surface area contributed by atoms with Crippen molar-refractivity contribution in [1.82, 2.24) is 0 Å². The summed E-state index contributed by atoms with van der Waals surface area (Å²) in [5.74, 6) is -1.80. The number of rotatable bonds is 4. The molecule has 14 heavy (non-hydrogen) atoms. The van der Waals surface area contributed by atoms with E-state index in [0.717, 1.165) is 12.2 Å². The molecule has 0 fully saturated rings. The molecule has 0 spiro atoms. The average Bonchev–Trinajstić information content (AvgIpc) is 1.99. The third-order valence-corrected chi connectivity index (χ3v) is 2.12. The zero-order chi connectivity index (χ0) is 11.4. The Morgan fingerprint density at radius 1 is 1.36 bits per heavy atom. The van der Waals surface area contributed by atoms with E-state index in [-0.39, 0.29) is 5.72 Å². The second kappa shape index (κ2) is 4.88. The largest absolute Gasteiger partial charge is 0.478 e. The zero-order valence-corrected chi connectivity index (χ0v) is 8.90. The second-order valence-electron chi connectivity index (χ2n) is 3.85. The topological polar surface area (TPSA) is 63.6 Å². The summed E-state index contributed by atoms with van der Waals surface area (Å²) in [5.41, 5.74) is -0.412. The standard InChI is InChI=1S/C8H14B2O4/c1-8(2,7(9)10)14-6(13)4-3-5(11)12/h3-4,7H,9-10H2,1-2H3,(H,11,12)/b4-3-. The molecule has 0 saturated heterocycles. The van der Waals surface area contributed by atoms with E-state index in [9.17, 15) is 9.59 Å². The molecule has 1 N–H and O–H groups in total. The molecule has 0 saturated carbocycles. The highest BCUT2D eigenvalue weighted by atomic mass is 16.6. The van der Waals surface area contributed by atoms with Crippen LogP contribution in [0.25, 0.3) is 0 Å². The smallest absolute Gasteiger partial charge is 0.331 e. The molecule has 0 unspecified atom stereocenters. The summed E-state index contributed by atoms with van der Waals surface area (Å²) in [4.78, 5) is 21.2. The lowest BCUT2D eigenvalue weighted by atomic mass is 9.62. The van der Waals surface area contributed by atoms with E-state index in [1.807, 2.05) is 15.7 Å². The van der Waals surface area contributed by atoms with Crippen LogP contribution in [0.3, 0.4) is 0 Å². The van der Waals surface area contributed by atoms with E-state index >= 15 is 0 Å². The lowest BCUT2D eigenvalue weighted by Crippen LogP contribution is -2.33. The van der Waals surface area contributed by atoms with Crippen LogP contribution in [-0.4, -0.2) is 38.3 Å². The lowest BCUT2D eigenvalue weighted by Gasteiger charge is -2.28. The van der Waals surface area contributed by atoms with E-state index in [4.69, 9.17) is 9.84 Å². The van der Waals surface area contributed by atoms with Crippen LogP contribution in [0.15, 0.2) is 12.2 Å². The first-order valence-electron chi connectivity index (χ1n) is 4.39. The summed E-state index contributed by atoms with van der Waals surface area (Å²) < 4.78 is 5.06. The third kappa shape index (κ3) is 4.74. The van der Waals surface area contributed by atoms with Crippen molar-refractivity contribution in [2.75, 3.05) is 0 Å². The van der Waals surface area contributed by atoms with Crippen LogP contribution in [0.5, 0.6) is 0 Å². The molecule has 4 nitrogen and oxygen atoms in total. The van der Waals surface area contributed by atoms with E-state index in [1.54, 1.807) is 13.8 Å². The molecule has 6 heteroatoms. The second-order valence-corrected chi connectivity index (χ2v) is 3.85. The lowest BCUT2D eigenvalue weighted by molar-refractivity contribution is -0.149. The molecule has 0 heterocycles. The molecule has 0 bridgehead atoms. The SMILES string of the molecule is BC(B)C(C)(C)OC(=O)/C=C\C(=O)O. The Kier molecular flexibility index (Phi) is 4.47. The monoisotopic (exact) mass is 196 g/mol. The Morgan fingerprint density at radius 2 is 1.86 bits per heavy atom. The van der Waals surface area contributed by atoms with Gasteiger partial charge in [-0.05, 0) is 13.8 Å². The van der Waals surface area contributed by atoms with Crippen LogP contribution in [0.1, 0.15) is 13.8 Å². The van der Waals surface area contributed by atoms with Crippen molar-refractivity contribution < 1.29 is 19.4 Å². The van der Waals surface area contributed by atoms with Crippen molar-refractivity contribution in [2.45, 2.75) is 25.2 Å². The molecule has 0 aliphatic carbocycles. The molecule has 0 aromatic carbocycles. The molecule has 0 aromatic rings. The molecule has 0 radical (unpaired) electrons. The first-order chi connectivity index (χ1) is 6.25. The molecule has 0 rings (SSSR count). The molecule has 0 aliphatic rings. The Balaban J connectivity index is 4.26. The fraction of sp³-hybridized carbons (Fsp3) is 0.500. The number of carbonyl (C=O) groups excluding carboxylic acids is 1. The highest BCUT2D eigenvalue weighted by molar-refractivity contribution is 6.36. The van der Waals surface area contributed by atoms with E-state index < -0.39 is 17.5 Å². The van der Waals surface area contributed by atoms with Gasteiger partial charge < -0.3 is 9.84 Å². The van der Waals surface area contributed by atoms with Gasteiger partial charge in [0.25, 0.3) is 0 Å². The van der Waals surface area contributed by atoms with Crippen LogP contribution in [-0.2, 0) is 14.3 Å². The molecule has 0 atom stereocenters. The van der Waals surface area contributed by atoms with Gasteiger partial charge in [-0.25, -0.2) is 9.59 Å². The van der Waals surface area contributed by atoms with Gasteiger partial charge >= 0.3 is 11.9 Å². The van der Waals surface area contributed by atoms with Crippen LogP contribution in [0.2, 0.25) is 5.72 Å². The van der Waals surface area contributed by atoms with Crippen molar-refractivity contribution in [2.24, 2.45) is 0 Å². The van der Waals surface area contributed by atoms with Crippen molar-refractivity contribution in [3.05, 3.63) is 12.2 Å². The van der Waals surface area contributed by atoms with Gasteiger partial charge in [0.05, 0.1) is 5.60 Å². The van der Waals surface area contributed by atoms with E-state index in [0.29, 0.717) is 0 Å². The van der Waals surface area contributed by atoms with E-state index in [2.05, 4.69) is 0 Å². The summed E-state index contributed by atoms with van der Waals surface area (Å²) in [6.45, 7) is 3.56. The van der Waals surface area contributed by atoms with Gasteiger partial charge in [-0.2, -0.15) is 0 Å². The number of hydrogen-bond donors (Lipinski definition) is 1. The number of carboxylic acid groups (broad SMARTS) is 1. The Bertz CT molecular complexity index is 258. The van der Waals surface area contributed by atoms with Crippen LogP contribution >= 0.6 is 0 Å². The Hall–Kier alpha value is -1.19. The summed E-state index contributed by atoms with van der Waals surface area (Å²) in [6, 6.07) is 0. The minimum atomic E-state index is -1.16. The predicted molar refractivity (Wildman–Crippen MR) is 57.8 cm³/mol. The summed E-state index contributed by atoms with van der Waals surface area (Å²) >= 11 is 0. The quantitative estimate of drug-likeness (QED) is 0.354. The number of carboxylic acids is 1. The van der Waals surface area contributed by atoms with Gasteiger partial charge in [0.15, 0.2) is 0 Å². The number of carbonyl (C=O) groups is 2. The number of hydrogen-bond acceptors (Lipinski definition) is 3. The molecule has 0 aliphatic heterocycles. The molecular formula is C8H14B2O4. The van der Waals surface area contributed by atoms with Crippen molar-refractivity contribution in [3.8, 4) is 0 Å². The van der Waals surface area contributed by atoms with Crippen molar-refractivity contribution in [1.29, 1.82) is 0 Å². The van der Waals surface area contributed by atoms with Gasteiger partial charge in [-0.15, -0.1) is 0 Å². The average molecular weight is 196 g/mol.